The molecule has 0 aliphatic carbocycles. The molecule has 100 valence electrons. The second-order valence-corrected chi connectivity index (χ2v) is 4.26. The van der Waals surface area contributed by atoms with E-state index in [9.17, 15) is 0 Å². The van der Waals surface area contributed by atoms with E-state index in [4.69, 9.17) is 10.9 Å². The van der Waals surface area contributed by atoms with Crippen molar-refractivity contribution >= 4 is 11.5 Å². The number of amidine groups is 1. The maximum Gasteiger partial charge on any atom is 0.172 e. The van der Waals surface area contributed by atoms with E-state index >= 15 is 0 Å². The average Bonchev–Trinajstić information content (AvgIpc) is 2.83. The number of nitrogens with two attached hydrogens (primary N) is 1. The molecule has 0 spiro atoms. The van der Waals surface area contributed by atoms with Gasteiger partial charge in [-0.1, -0.05) is 5.16 Å². The van der Waals surface area contributed by atoms with Gasteiger partial charge >= 0.3 is 0 Å². The summed E-state index contributed by atoms with van der Waals surface area (Å²) >= 11 is 0. The Labute approximate surface area is 111 Å². The standard InChI is InChI=1S/C12H16N6O/c1-17(7-9-5-15-18(2)8-9)11-6-14-4-3-10(11)12(13)16-19/h3-6,8,19H,7H2,1-2H3,(H2,13,16). The highest BCUT2D eigenvalue weighted by atomic mass is 16.4. The molecule has 7 heteroatoms. The second kappa shape index (κ2) is 5.38. The number of pyridine rings is 1. The third-order valence-corrected chi connectivity index (χ3v) is 2.77. The van der Waals surface area contributed by atoms with Crippen LogP contribution in [-0.2, 0) is 13.6 Å². The van der Waals surface area contributed by atoms with Gasteiger partial charge < -0.3 is 15.8 Å². The van der Waals surface area contributed by atoms with Gasteiger partial charge in [-0.15, -0.1) is 0 Å². The van der Waals surface area contributed by atoms with Crippen molar-refractivity contribution in [3.05, 3.63) is 42.0 Å². The van der Waals surface area contributed by atoms with Crippen LogP contribution >= 0.6 is 0 Å². The summed E-state index contributed by atoms with van der Waals surface area (Å²) in [6.45, 7) is 0.658. The van der Waals surface area contributed by atoms with Gasteiger partial charge in [0.25, 0.3) is 0 Å². The highest BCUT2D eigenvalue weighted by Crippen LogP contribution is 2.19. The van der Waals surface area contributed by atoms with Crippen LogP contribution in [0, 0.1) is 0 Å². The second-order valence-electron chi connectivity index (χ2n) is 4.26. The fourth-order valence-corrected chi connectivity index (χ4v) is 1.87. The van der Waals surface area contributed by atoms with Crippen LogP contribution in [0.2, 0.25) is 0 Å². The van der Waals surface area contributed by atoms with E-state index in [0.29, 0.717) is 12.1 Å². The van der Waals surface area contributed by atoms with Gasteiger partial charge in [-0.2, -0.15) is 5.10 Å². The molecule has 0 unspecified atom stereocenters. The number of oxime groups is 1. The molecule has 3 N–H and O–H groups in total. The molecule has 0 atom stereocenters. The first kappa shape index (κ1) is 12.9. The molecule has 0 radical (unpaired) electrons. The van der Waals surface area contributed by atoms with Crippen molar-refractivity contribution in [3.8, 4) is 0 Å². The van der Waals surface area contributed by atoms with Crippen molar-refractivity contribution in [2.24, 2.45) is 17.9 Å². The first-order valence-electron chi connectivity index (χ1n) is 5.72. The Morgan fingerprint density at radius 1 is 1.53 bits per heavy atom. The van der Waals surface area contributed by atoms with Crippen molar-refractivity contribution in [2.75, 3.05) is 11.9 Å². The van der Waals surface area contributed by atoms with Gasteiger partial charge in [-0.25, -0.2) is 0 Å². The van der Waals surface area contributed by atoms with Crippen molar-refractivity contribution in [1.29, 1.82) is 0 Å². The van der Waals surface area contributed by atoms with Crippen molar-refractivity contribution in [2.45, 2.75) is 6.54 Å². The maximum atomic E-state index is 8.80. The normalized spacial score (nSPS) is 11.6. The van der Waals surface area contributed by atoms with E-state index in [2.05, 4.69) is 15.2 Å². The lowest BCUT2D eigenvalue weighted by atomic mass is 10.2. The molecule has 0 aromatic carbocycles. The predicted molar refractivity (Wildman–Crippen MR) is 72.1 cm³/mol. The van der Waals surface area contributed by atoms with Gasteiger partial charge in [-0.3, -0.25) is 9.67 Å². The third kappa shape index (κ3) is 2.82. The fraction of sp³-hybridized carbons (Fsp3) is 0.250. The predicted octanol–water partition coefficient (Wildman–Crippen LogP) is 0.546. The van der Waals surface area contributed by atoms with Crippen LogP contribution in [0.4, 0.5) is 5.69 Å². The first-order valence-corrected chi connectivity index (χ1v) is 5.72. The number of aromatic nitrogens is 3. The molecule has 0 aliphatic rings. The summed E-state index contributed by atoms with van der Waals surface area (Å²) in [6.07, 6.45) is 7.03. The minimum Gasteiger partial charge on any atom is -0.409 e. The lowest BCUT2D eigenvalue weighted by Crippen LogP contribution is -2.22. The summed E-state index contributed by atoms with van der Waals surface area (Å²) in [6, 6.07) is 1.71. The highest BCUT2D eigenvalue weighted by Gasteiger charge is 2.12. The topological polar surface area (TPSA) is 92.6 Å². The molecule has 0 amide bonds. The van der Waals surface area contributed by atoms with E-state index in [1.165, 1.54) is 0 Å². The maximum absolute atomic E-state index is 8.80. The molecule has 2 rings (SSSR count). The Balaban J connectivity index is 2.26. The van der Waals surface area contributed by atoms with E-state index < -0.39 is 0 Å². The highest BCUT2D eigenvalue weighted by molar-refractivity contribution is 6.01. The molecule has 0 aliphatic heterocycles. The van der Waals surface area contributed by atoms with Crippen LogP contribution in [0.25, 0.3) is 0 Å². The number of hydrogen-bond donors (Lipinski definition) is 2. The molecular weight excluding hydrogens is 244 g/mol. The third-order valence-electron chi connectivity index (χ3n) is 2.77. The quantitative estimate of drug-likeness (QED) is 0.362. The van der Waals surface area contributed by atoms with Crippen LogP contribution in [-0.4, -0.2) is 32.9 Å². The number of rotatable bonds is 4. The zero-order valence-electron chi connectivity index (χ0n) is 10.9. The van der Waals surface area contributed by atoms with Gasteiger partial charge in [0, 0.05) is 44.2 Å². The summed E-state index contributed by atoms with van der Waals surface area (Å²) in [5.41, 5.74) is 8.16. The SMILES string of the molecule is CN(Cc1cnn(C)c1)c1cnccc1/C(N)=N/O. The number of hydrogen-bond acceptors (Lipinski definition) is 5. The minimum atomic E-state index is 0.0652. The largest absolute Gasteiger partial charge is 0.409 e. The zero-order chi connectivity index (χ0) is 13.8. The number of nitrogens with zero attached hydrogens (tertiary/aromatic N) is 5. The van der Waals surface area contributed by atoms with E-state index in [1.807, 2.05) is 25.2 Å². The summed E-state index contributed by atoms with van der Waals surface area (Å²) < 4.78 is 1.75. The molecular formula is C12H16N6O. The van der Waals surface area contributed by atoms with Crippen molar-refractivity contribution in [3.63, 3.8) is 0 Å². The molecule has 2 aromatic heterocycles. The van der Waals surface area contributed by atoms with E-state index in [0.717, 1.165) is 11.3 Å². The molecule has 0 saturated carbocycles. The van der Waals surface area contributed by atoms with Gasteiger partial charge in [0.1, 0.15) is 0 Å². The zero-order valence-corrected chi connectivity index (χ0v) is 10.9. The molecule has 7 nitrogen and oxygen atoms in total. The Bertz CT molecular complexity index is 591. The summed E-state index contributed by atoms with van der Waals surface area (Å²) in [7, 11) is 3.79. The van der Waals surface area contributed by atoms with E-state index in [1.54, 1.807) is 29.3 Å². The van der Waals surface area contributed by atoms with E-state index in [-0.39, 0.29) is 5.84 Å². The number of aryl methyl sites for hydroxylation is 1. The Morgan fingerprint density at radius 2 is 2.32 bits per heavy atom. The van der Waals surface area contributed by atoms with Crippen LogP contribution in [0.5, 0.6) is 0 Å². The molecule has 2 aromatic rings. The molecule has 0 fully saturated rings. The Morgan fingerprint density at radius 3 is 2.95 bits per heavy atom. The van der Waals surface area contributed by atoms with Crippen molar-refractivity contribution < 1.29 is 5.21 Å². The molecule has 19 heavy (non-hydrogen) atoms. The molecule has 0 bridgehead atoms. The Hall–Kier alpha value is -2.57. The average molecular weight is 260 g/mol. The molecule has 0 saturated heterocycles. The monoisotopic (exact) mass is 260 g/mol. The van der Waals surface area contributed by atoms with Gasteiger partial charge in [0.2, 0.25) is 0 Å². The van der Waals surface area contributed by atoms with Gasteiger partial charge in [-0.05, 0) is 6.07 Å². The smallest absolute Gasteiger partial charge is 0.172 e. The van der Waals surface area contributed by atoms with Crippen LogP contribution in [0.3, 0.4) is 0 Å². The summed E-state index contributed by atoms with van der Waals surface area (Å²) in [4.78, 5) is 6.04. The van der Waals surface area contributed by atoms with Crippen LogP contribution in [0.1, 0.15) is 11.1 Å². The van der Waals surface area contributed by atoms with Crippen molar-refractivity contribution in [1.82, 2.24) is 14.8 Å². The summed E-state index contributed by atoms with van der Waals surface area (Å²) in [5, 5.41) is 16.0. The first-order chi connectivity index (χ1) is 9.11. The van der Waals surface area contributed by atoms with Crippen LogP contribution < -0.4 is 10.6 Å². The minimum absolute atomic E-state index is 0.0652. The van der Waals surface area contributed by atoms with Gasteiger partial charge in [0.15, 0.2) is 5.84 Å². The number of anilines is 1. The fourth-order valence-electron chi connectivity index (χ4n) is 1.87. The summed E-state index contributed by atoms with van der Waals surface area (Å²) in [5.74, 6) is 0.0652. The molecule has 2 heterocycles. The Kier molecular flexibility index (Phi) is 3.65. The van der Waals surface area contributed by atoms with Gasteiger partial charge in [0.05, 0.1) is 18.1 Å². The lowest BCUT2D eigenvalue weighted by molar-refractivity contribution is 0.318. The lowest BCUT2D eigenvalue weighted by Gasteiger charge is -2.20. The van der Waals surface area contributed by atoms with Crippen LogP contribution in [0.15, 0.2) is 36.0 Å².